The van der Waals surface area contributed by atoms with Crippen LogP contribution in [0.2, 0.25) is 0 Å². The maximum Gasteiger partial charge on any atom is 0.258 e. The van der Waals surface area contributed by atoms with E-state index in [4.69, 9.17) is 9.15 Å². The fourth-order valence-electron chi connectivity index (χ4n) is 2.21. The molecule has 26 heavy (non-hydrogen) atoms. The Morgan fingerprint density at radius 2 is 1.88 bits per heavy atom. The van der Waals surface area contributed by atoms with Crippen molar-refractivity contribution in [2.45, 2.75) is 26.5 Å². The predicted octanol–water partition coefficient (Wildman–Crippen LogP) is 3.72. The van der Waals surface area contributed by atoms with E-state index in [1.807, 2.05) is 38.1 Å². The number of aromatic nitrogens is 2. The van der Waals surface area contributed by atoms with Crippen molar-refractivity contribution in [1.29, 1.82) is 0 Å². The third kappa shape index (κ3) is 4.83. The Kier molecular flexibility index (Phi) is 5.48. The van der Waals surface area contributed by atoms with Crippen molar-refractivity contribution < 1.29 is 13.9 Å². The van der Waals surface area contributed by atoms with Gasteiger partial charge in [-0.25, -0.2) is 9.97 Å². The van der Waals surface area contributed by atoms with E-state index in [9.17, 15) is 4.79 Å². The highest BCUT2D eigenvalue weighted by Crippen LogP contribution is 2.17. The van der Waals surface area contributed by atoms with Crippen LogP contribution in [-0.4, -0.2) is 22.0 Å². The van der Waals surface area contributed by atoms with Crippen LogP contribution in [0.15, 0.2) is 59.5 Å². The number of nitrogens with zero attached hydrogens (tertiary/aromatic N) is 2. The molecule has 0 atom stereocenters. The van der Waals surface area contributed by atoms with Crippen LogP contribution >= 0.6 is 0 Å². The number of nitrogens with one attached hydrogen (secondary N) is 2. The van der Waals surface area contributed by atoms with Gasteiger partial charge in [0.1, 0.15) is 11.5 Å². The highest BCUT2D eigenvalue weighted by molar-refractivity contribution is 6.03. The van der Waals surface area contributed by atoms with Crippen molar-refractivity contribution in [2.75, 3.05) is 10.6 Å². The first-order valence-electron chi connectivity index (χ1n) is 8.26. The molecule has 3 rings (SSSR count). The fraction of sp³-hybridized carbons (Fsp3) is 0.211. The normalized spacial score (nSPS) is 10.6. The van der Waals surface area contributed by atoms with Gasteiger partial charge in [-0.1, -0.05) is 0 Å². The first-order chi connectivity index (χ1) is 12.6. The molecule has 1 amide bonds. The molecule has 0 fully saturated rings. The van der Waals surface area contributed by atoms with E-state index < -0.39 is 0 Å². The van der Waals surface area contributed by atoms with Crippen molar-refractivity contribution in [3.05, 3.63) is 66.4 Å². The lowest BCUT2D eigenvalue weighted by Gasteiger charge is -2.10. The van der Waals surface area contributed by atoms with Crippen LogP contribution in [-0.2, 0) is 6.54 Å². The molecule has 134 valence electrons. The van der Waals surface area contributed by atoms with Gasteiger partial charge in [-0.2, -0.15) is 0 Å². The SMILES string of the molecule is CC(C)Oc1ccc(NC(=O)c2cnc(NCc3ccco3)nc2)cc1. The molecule has 2 aromatic heterocycles. The van der Waals surface area contributed by atoms with Crippen LogP contribution in [0.1, 0.15) is 30.0 Å². The Balaban J connectivity index is 1.55. The Hall–Kier alpha value is -3.35. The molecule has 2 N–H and O–H groups in total. The molecule has 0 spiro atoms. The van der Waals surface area contributed by atoms with Gasteiger partial charge in [0.05, 0.1) is 24.5 Å². The first-order valence-corrected chi connectivity index (χ1v) is 8.26. The fourth-order valence-corrected chi connectivity index (χ4v) is 2.21. The number of carbonyl (C=O) groups excluding carboxylic acids is 1. The molecule has 7 nitrogen and oxygen atoms in total. The second kappa shape index (κ2) is 8.15. The predicted molar refractivity (Wildman–Crippen MR) is 98.2 cm³/mol. The topological polar surface area (TPSA) is 89.3 Å². The maximum absolute atomic E-state index is 12.3. The summed E-state index contributed by atoms with van der Waals surface area (Å²) in [6.45, 7) is 4.40. The van der Waals surface area contributed by atoms with Crippen molar-refractivity contribution in [3.63, 3.8) is 0 Å². The van der Waals surface area contributed by atoms with Crippen LogP contribution in [0.3, 0.4) is 0 Å². The summed E-state index contributed by atoms with van der Waals surface area (Å²) in [6, 6.07) is 10.9. The smallest absolute Gasteiger partial charge is 0.258 e. The average Bonchev–Trinajstić information content (AvgIpc) is 3.15. The number of rotatable bonds is 7. The zero-order valence-corrected chi connectivity index (χ0v) is 14.6. The second-order valence-electron chi connectivity index (χ2n) is 5.87. The summed E-state index contributed by atoms with van der Waals surface area (Å²) in [5.41, 5.74) is 1.04. The van der Waals surface area contributed by atoms with Gasteiger partial charge < -0.3 is 19.8 Å². The third-order valence-electron chi connectivity index (χ3n) is 3.40. The number of ether oxygens (including phenoxy) is 1. The number of furan rings is 1. The lowest BCUT2D eigenvalue weighted by atomic mass is 10.2. The van der Waals surface area contributed by atoms with E-state index in [-0.39, 0.29) is 12.0 Å². The number of benzene rings is 1. The minimum absolute atomic E-state index is 0.104. The van der Waals surface area contributed by atoms with Gasteiger partial charge in [-0.3, -0.25) is 4.79 Å². The Bertz CT molecular complexity index is 828. The molecule has 3 aromatic rings. The number of hydrogen-bond acceptors (Lipinski definition) is 6. The Labute approximate surface area is 151 Å². The molecule has 0 unspecified atom stereocenters. The molecular weight excluding hydrogens is 332 g/mol. The summed E-state index contributed by atoms with van der Waals surface area (Å²) < 4.78 is 10.8. The van der Waals surface area contributed by atoms with Crippen molar-refractivity contribution in [1.82, 2.24) is 9.97 Å². The third-order valence-corrected chi connectivity index (χ3v) is 3.40. The Morgan fingerprint density at radius 1 is 1.15 bits per heavy atom. The van der Waals surface area contributed by atoms with Crippen molar-refractivity contribution in [3.8, 4) is 5.75 Å². The monoisotopic (exact) mass is 352 g/mol. The maximum atomic E-state index is 12.3. The van der Waals surface area contributed by atoms with Crippen molar-refractivity contribution >= 4 is 17.5 Å². The van der Waals surface area contributed by atoms with E-state index in [1.54, 1.807) is 18.4 Å². The zero-order valence-electron chi connectivity index (χ0n) is 14.6. The summed E-state index contributed by atoms with van der Waals surface area (Å²) in [6.07, 6.45) is 4.66. The average molecular weight is 352 g/mol. The Morgan fingerprint density at radius 3 is 2.50 bits per heavy atom. The largest absolute Gasteiger partial charge is 0.491 e. The van der Waals surface area contributed by atoms with Crippen LogP contribution in [0.5, 0.6) is 5.75 Å². The minimum atomic E-state index is -0.278. The number of anilines is 2. The second-order valence-corrected chi connectivity index (χ2v) is 5.87. The minimum Gasteiger partial charge on any atom is -0.491 e. The van der Waals surface area contributed by atoms with E-state index >= 15 is 0 Å². The first kappa shape index (κ1) is 17.5. The number of hydrogen-bond donors (Lipinski definition) is 2. The lowest BCUT2D eigenvalue weighted by Crippen LogP contribution is -2.13. The van der Waals surface area contributed by atoms with Gasteiger partial charge in [0.2, 0.25) is 5.95 Å². The van der Waals surface area contributed by atoms with Crippen LogP contribution < -0.4 is 15.4 Å². The van der Waals surface area contributed by atoms with Gasteiger partial charge in [-0.15, -0.1) is 0 Å². The molecule has 0 saturated heterocycles. The summed E-state index contributed by atoms with van der Waals surface area (Å²) in [5, 5.41) is 5.83. The summed E-state index contributed by atoms with van der Waals surface area (Å²) in [5.74, 6) is 1.68. The highest BCUT2D eigenvalue weighted by Gasteiger charge is 2.08. The van der Waals surface area contributed by atoms with Crippen LogP contribution in [0.25, 0.3) is 0 Å². The standard InChI is InChI=1S/C19H20N4O3/c1-13(2)26-16-7-5-15(6-8-16)23-18(24)14-10-20-19(21-11-14)22-12-17-4-3-9-25-17/h3-11,13H,12H2,1-2H3,(H,23,24)(H,20,21,22). The molecule has 0 aliphatic rings. The lowest BCUT2D eigenvalue weighted by molar-refractivity contribution is 0.102. The molecular formula is C19H20N4O3. The molecule has 0 bridgehead atoms. The zero-order chi connectivity index (χ0) is 18.4. The molecule has 0 aliphatic carbocycles. The van der Waals surface area contributed by atoms with E-state index in [1.165, 1.54) is 12.4 Å². The number of amides is 1. The molecule has 0 aliphatic heterocycles. The quantitative estimate of drug-likeness (QED) is 0.674. The molecule has 1 aromatic carbocycles. The van der Waals surface area contributed by atoms with Gasteiger partial charge in [0, 0.05) is 18.1 Å². The number of carbonyl (C=O) groups is 1. The molecule has 2 heterocycles. The van der Waals surface area contributed by atoms with E-state index in [0.29, 0.717) is 23.7 Å². The van der Waals surface area contributed by atoms with Gasteiger partial charge in [0.15, 0.2) is 0 Å². The molecule has 7 heteroatoms. The van der Waals surface area contributed by atoms with Crippen molar-refractivity contribution in [2.24, 2.45) is 0 Å². The van der Waals surface area contributed by atoms with Gasteiger partial charge in [0.25, 0.3) is 5.91 Å². The summed E-state index contributed by atoms with van der Waals surface area (Å²) >= 11 is 0. The van der Waals surface area contributed by atoms with Gasteiger partial charge in [-0.05, 0) is 50.2 Å². The summed E-state index contributed by atoms with van der Waals surface area (Å²) in [4.78, 5) is 20.6. The molecule has 0 radical (unpaired) electrons. The highest BCUT2D eigenvalue weighted by atomic mass is 16.5. The van der Waals surface area contributed by atoms with Gasteiger partial charge >= 0.3 is 0 Å². The summed E-state index contributed by atoms with van der Waals surface area (Å²) in [7, 11) is 0. The van der Waals surface area contributed by atoms with Crippen LogP contribution in [0, 0.1) is 0 Å². The van der Waals surface area contributed by atoms with E-state index in [0.717, 1.165) is 11.5 Å². The van der Waals surface area contributed by atoms with E-state index in [2.05, 4.69) is 20.6 Å². The van der Waals surface area contributed by atoms with Crippen LogP contribution in [0.4, 0.5) is 11.6 Å². The molecule has 0 saturated carbocycles.